The fraction of sp³-hybridized carbons (Fsp3) is 0.0556. The van der Waals surface area contributed by atoms with Gasteiger partial charge in [-0.1, -0.05) is 17.7 Å². The molecule has 4 rings (SSSR count). The molecule has 0 fully saturated rings. The third-order valence-electron chi connectivity index (χ3n) is 3.83. The average Bonchev–Trinajstić information content (AvgIpc) is 3.07. The van der Waals surface area contributed by atoms with Crippen molar-refractivity contribution in [3.8, 4) is 0 Å². The van der Waals surface area contributed by atoms with E-state index in [-0.39, 0.29) is 11.4 Å². The van der Waals surface area contributed by atoms with E-state index in [1.165, 1.54) is 6.39 Å². The first-order valence-corrected chi connectivity index (χ1v) is 7.39. The van der Waals surface area contributed by atoms with Crippen LogP contribution in [0.15, 0.2) is 62.9 Å². The van der Waals surface area contributed by atoms with Gasteiger partial charge in [0, 0.05) is 17.4 Å². The lowest BCUT2D eigenvalue weighted by molar-refractivity contribution is 0.602. The van der Waals surface area contributed by atoms with Crippen LogP contribution in [0.5, 0.6) is 0 Å². The maximum absolute atomic E-state index is 11.9. The summed E-state index contributed by atoms with van der Waals surface area (Å²) in [5, 5.41) is 5.98. The first-order chi connectivity index (χ1) is 11.6. The Morgan fingerprint density at radius 3 is 2.21 bits per heavy atom. The van der Waals surface area contributed by atoms with Gasteiger partial charge in [0.15, 0.2) is 12.0 Å². The van der Waals surface area contributed by atoms with E-state index in [4.69, 9.17) is 4.42 Å². The smallest absolute Gasteiger partial charge is 0.253 e. The van der Waals surface area contributed by atoms with Crippen LogP contribution in [0.25, 0.3) is 11.1 Å². The van der Waals surface area contributed by atoms with E-state index in [2.05, 4.69) is 15.6 Å². The highest BCUT2D eigenvalue weighted by atomic mass is 16.3. The van der Waals surface area contributed by atoms with Gasteiger partial charge < -0.3 is 15.1 Å². The van der Waals surface area contributed by atoms with E-state index >= 15 is 0 Å². The van der Waals surface area contributed by atoms with E-state index in [9.17, 15) is 9.59 Å². The van der Waals surface area contributed by atoms with Crippen molar-refractivity contribution in [3.63, 3.8) is 0 Å². The molecule has 6 nitrogen and oxygen atoms in total. The Balaban J connectivity index is 1.64. The van der Waals surface area contributed by atoms with E-state index in [1.807, 2.05) is 31.2 Å². The summed E-state index contributed by atoms with van der Waals surface area (Å²) in [4.78, 5) is 27.8. The highest BCUT2D eigenvalue weighted by Crippen LogP contribution is 2.26. The second-order valence-electron chi connectivity index (χ2n) is 5.56. The number of nitrogens with zero attached hydrogens (tertiary/aromatic N) is 1. The molecular formula is C18H13N3O3. The molecule has 4 aromatic rings. The van der Waals surface area contributed by atoms with E-state index in [1.54, 1.807) is 18.2 Å². The van der Waals surface area contributed by atoms with E-state index in [0.29, 0.717) is 11.3 Å². The number of hydrogen-bond donors (Lipinski definition) is 2. The lowest BCUT2D eigenvalue weighted by atomic mass is 10.1. The lowest BCUT2D eigenvalue weighted by Crippen LogP contribution is -2.35. The summed E-state index contributed by atoms with van der Waals surface area (Å²) in [6.07, 6.45) is 1.36. The minimum Gasteiger partial charge on any atom is -0.443 e. The lowest BCUT2D eigenvalue weighted by Gasteiger charge is -2.15. The number of fused-ring (bicyclic) bond motifs is 1. The molecule has 118 valence electrons. The fourth-order valence-electron chi connectivity index (χ4n) is 2.49. The molecule has 0 unspecified atom stereocenters. The van der Waals surface area contributed by atoms with Crippen molar-refractivity contribution >= 4 is 33.8 Å². The molecular weight excluding hydrogens is 306 g/mol. The molecule has 0 spiro atoms. The van der Waals surface area contributed by atoms with Gasteiger partial charge in [-0.25, -0.2) is 4.98 Å². The van der Waals surface area contributed by atoms with Crippen LogP contribution < -0.4 is 21.5 Å². The number of rotatable bonds is 4. The van der Waals surface area contributed by atoms with Gasteiger partial charge in [0.1, 0.15) is 16.9 Å². The summed E-state index contributed by atoms with van der Waals surface area (Å²) in [7, 11) is 0. The van der Waals surface area contributed by atoms with Gasteiger partial charge in [0.2, 0.25) is 0 Å². The predicted molar refractivity (Wildman–Crippen MR) is 93.1 cm³/mol. The van der Waals surface area contributed by atoms with Gasteiger partial charge in [-0.2, -0.15) is 0 Å². The van der Waals surface area contributed by atoms with Crippen molar-refractivity contribution in [2.24, 2.45) is 0 Å². The third kappa shape index (κ3) is 2.34. The Hall–Kier alpha value is -3.41. The van der Waals surface area contributed by atoms with Crippen molar-refractivity contribution in [2.75, 3.05) is 10.6 Å². The Labute approximate surface area is 136 Å². The molecule has 0 saturated heterocycles. The summed E-state index contributed by atoms with van der Waals surface area (Å²) in [5.41, 5.74) is 3.29. The summed E-state index contributed by atoms with van der Waals surface area (Å²) in [6.45, 7) is 1.98. The topological polar surface area (TPSA) is 84.2 Å². The second-order valence-corrected chi connectivity index (χ2v) is 5.56. The molecule has 0 aliphatic rings. The molecule has 1 heterocycles. The van der Waals surface area contributed by atoms with Crippen molar-refractivity contribution in [3.05, 3.63) is 74.9 Å². The number of hydrogen-bond acceptors (Lipinski definition) is 6. The molecule has 0 aliphatic carbocycles. The number of oxazole rings is 1. The Bertz CT molecular complexity index is 1100. The first-order valence-electron chi connectivity index (χ1n) is 7.39. The molecule has 0 amide bonds. The first kappa shape index (κ1) is 14.2. The molecule has 0 bridgehead atoms. The molecule has 1 aromatic heterocycles. The molecule has 24 heavy (non-hydrogen) atoms. The zero-order chi connectivity index (χ0) is 16.7. The van der Waals surface area contributed by atoms with Gasteiger partial charge in [-0.15, -0.1) is 0 Å². The van der Waals surface area contributed by atoms with Crippen LogP contribution in [-0.4, -0.2) is 4.98 Å². The molecule has 0 radical (unpaired) electrons. The highest BCUT2D eigenvalue weighted by molar-refractivity contribution is 5.85. The van der Waals surface area contributed by atoms with E-state index in [0.717, 1.165) is 16.8 Å². The fourth-order valence-corrected chi connectivity index (χ4v) is 2.49. The third-order valence-corrected chi connectivity index (χ3v) is 3.83. The highest BCUT2D eigenvalue weighted by Gasteiger charge is 2.21. The van der Waals surface area contributed by atoms with Crippen LogP contribution in [0.1, 0.15) is 5.56 Å². The number of benzene rings is 2. The SMILES string of the molecule is Cc1ccc(Nc2c(Nc3ccc4ncoc4c3)c(=O)c2=O)cc1. The summed E-state index contributed by atoms with van der Waals surface area (Å²) in [6, 6.07) is 12.9. The maximum Gasteiger partial charge on any atom is 0.253 e. The number of aromatic nitrogens is 1. The zero-order valence-electron chi connectivity index (χ0n) is 12.8. The number of nitrogens with one attached hydrogen (secondary N) is 2. The van der Waals surface area contributed by atoms with Crippen LogP contribution in [-0.2, 0) is 0 Å². The molecule has 2 N–H and O–H groups in total. The van der Waals surface area contributed by atoms with Gasteiger partial charge in [0.05, 0.1) is 0 Å². The van der Waals surface area contributed by atoms with Crippen LogP contribution in [0.2, 0.25) is 0 Å². The molecule has 3 aromatic carbocycles. The standard InChI is InChI=1S/C18H13N3O3/c1-10-2-4-11(5-3-10)20-15-16(18(23)17(15)22)21-12-6-7-13-14(8-12)24-9-19-13/h2-9,20-21H,1H3. The average molecular weight is 319 g/mol. The minimum atomic E-state index is -0.540. The van der Waals surface area contributed by atoms with Crippen molar-refractivity contribution in [1.82, 2.24) is 4.98 Å². The van der Waals surface area contributed by atoms with Crippen molar-refractivity contribution < 1.29 is 4.42 Å². The number of anilines is 4. The summed E-state index contributed by atoms with van der Waals surface area (Å²) >= 11 is 0. The Kier molecular flexibility index (Phi) is 3.16. The molecule has 0 atom stereocenters. The number of aryl methyl sites for hydroxylation is 1. The normalized spacial score (nSPS) is 11.0. The van der Waals surface area contributed by atoms with E-state index < -0.39 is 10.9 Å². The molecule has 6 heteroatoms. The molecule has 0 saturated carbocycles. The molecule has 0 aliphatic heterocycles. The van der Waals surface area contributed by atoms with Gasteiger partial charge >= 0.3 is 0 Å². The monoisotopic (exact) mass is 319 g/mol. The quantitative estimate of drug-likeness (QED) is 0.562. The van der Waals surface area contributed by atoms with Crippen LogP contribution >= 0.6 is 0 Å². The van der Waals surface area contributed by atoms with Gasteiger partial charge in [-0.05, 0) is 31.2 Å². The minimum absolute atomic E-state index is 0.249. The van der Waals surface area contributed by atoms with Crippen LogP contribution in [0, 0.1) is 6.92 Å². The maximum atomic E-state index is 11.9. The zero-order valence-corrected chi connectivity index (χ0v) is 12.8. The van der Waals surface area contributed by atoms with Crippen LogP contribution in [0.3, 0.4) is 0 Å². The van der Waals surface area contributed by atoms with Gasteiger partial charge in [0.25, 0.3) is 10.9 Å². The summed E-state index contributed by atoms with van der Waals surface area (Å²) in [5.74, 6) is 0. The van der Waals surface area contributed by atoms with Crippen molar-refractivity contribution in [1.29, 1.82) is 0 Å². The largest absolute Gasteiger partial charge is 0.443 e. The second kappa shape index (κ2) is 5.34. The van der Waals surface area contributed by atoms with Gasteiger partial charge in [-0.3, -0.25) is 9.59 Å². The Morgan fingerprint density at radius 2 is 1.50 bits per heavy atom. The van der Waals surface area contributed by atoms with Crippen LogP contribution in [0.4, 0.5) is 22.7 Å². The summed E-state index contributed by atoms with van der Waals surface area (Å²) < 4.78 is 5.24. The van der Waals surface area contributed by atoms with Crippen molar-refractivity contribution in [2.45, 2.75) is 6.92 Å². The Morgan fingerprint density at radius 1 is 0.875 bits per heavy atom. The predicted octanol–water partition coefficient (Wildman–Crippen LogP) is 3.22.